The van der Waals surface area contributed by atoms with E-state index in [1.54, 1.807) is 36.4 Å². The zero-order valence-corrected chi connectivity index (χ0v) is 24.0. The number of hydrogen-bond donors (Lipinski definition) is 1. The maximum Gasteiger partial charge on any atom is 0.240 e. The van der Waals surface area contributed by atoms with Crippen LogP contribution in [0.5, 0.6) is 0 Å². The van der Waals surface area contributed by atoms with E-state index < -0.39 is 36.7 Å². The molecule has 0 bridgehead atoms. The largest absolute Gasteiger partial charge is 0.347 e. The van der Waals surface area contributed by atoms with Gasteiger partial charge in [-0.25, -0.2) is 26.5 Å². The molecular formula is C28H38N2O7S2. The Labute approximate surface area is 231 Å². The van der Waals surface area contributed by atoms with E-state index in [9.17, 15) is 21.6 Å². The highest BCUT2D eigenvalue weighted by molar-refractivity contribution is 7.92. The maximum absolute atomic E-state index is 13.4. The number of sulfonamides is 1. The predicted molar refractivity (Wildman–Crippen MR) is 146 cm³/mol. The highest BCUT2D eigenvalue weighted by Crippen LogP contribution is 2.39. The molecule has 0 radical (unpaired) electrons. The van der Waals surface area contributed by atoms with Gasteiger partial charge in [0.1, 0.15) is 5.25 Å². The summed E-state index contributed by atoms with van der Waals surface area (Å²) in [5, 5.41) is -1.37. The molecule has 1 aliphatic carbocycles. The van der Waals surface area contributed by atoms with Gasteiger partial charge in [0.05, 0.1) is 17.6 Å². The molecule has 214 valence electrons. The van der Waals surface area contributed by atoms with Gasteiger partial charge in [0.25, 0.3) is 0 Å². The maximum atomic E-state index is 13.4. The number of nitrogens with one attached hydrogen (secondary N) is 1. The third-order valence-electron chi connectivity index (χ3n) is 7.42. The number of nitrogens with zero attached hydrogens (tertiary/aromatic N) is 1. The number of carbonyl (C=O) groups excluding carboxylic acids is 1. The molecule has 1 saturated carbocycles. The lowest BCUT2D eigenvalue weighted by atomic mass is 9.94. The van der Waals surface area contributed by atoms with Crippen molar-refractivity contribution in [1.29, 1.82) is 0 Å². The molecule has 1 aliphatic heterocycles. The standard InChI is InChI=1S/C28H38N2O7S2/c1-22-11-14-24(15-12-22)39(34,35)30-20-8-3-9-25(31)26(38(32,33)27-10-4-7-19-29-27)16-13-23-21-36-28(37-23)17-5-2-6-18-28/h4,7,10-12,14-15,19,23,26,30H,2-3,5-6,8-9,13,16-18,20-21H2,1H3/t23-,26?/m0/s1. The first-order valence-corrected chi connectivity index (χ1v) is 16.7. The van der Waals surface area contributed by atoms with E-state index >= 15 is 0 Å². The Balaban J connectivity index is 1.33. The van der Waals surface area contributed by atoms with Crippen molar-refractivity contribution in [3.05, 3.63) is 54.2 Å². The van der Waals surface area contributed by atoms with Gasteiger partial charge in [-0.3, -0.25) is 4.79 Å². The monoisotopic (exact) mass is 578 g/mol. The normalized spacial score (nSPS) is 20.2. The Hall–Kier alpha value is -2.18. The third-order valence-corrected chi connectivity index (χ3v) is 11.0. The van der Waals surface area contributed by atoms with Gasteiger partial charge in [0, 0.05) is 32.0 Å². The first-order valence-electron chi connectivity index (χ1n) is 13.7. The molecule has 2 aromatic rings. The number of unbranched alkanes of at least 4 members (excludes halogenated alkanes) is 1. The van der Waals surface area contributed by atoms with Crippen LogP contribution in [-0.4, -0.2) is 57.9 Å². The number of aromatic nitrogens is 1. The van der Waals surface area contributed by atoms with Crippen LogP contribution in [0.4, 0.5) is 0 Å². The van der Waals surface area contributed by atoms with Gasteiger partial charge < -0.3 is 9.47 Å². The second kappa shape index (κ2) is 13.0. The molecule has 1 N–H and O–H groups in total. The van der Waals surface area contributed by atoms with Gasteiger partial charge in [0.15, 0.2) is 16.6 Å². The molecule has 0 amide bonds. The highest BCUT2D eigenvalue weighted by atomic mass is 32.2. The molecule has 2 heterocycles. The van der Waals surface area contributed by atoms with Crippen molar-refractivity contribution in [2.75, 3.05) is 13.2 Å². The number of aryl methyl sites for hydroxylation is 1. The molecule has 1 saturated heterocycles. The molecule has 1 spiro atoms. The SMILES string of the molecule is Cc1ccc(S(=O)(=O)NCCCCC(=O)C(CC[C@H]2COC3(CCCCC3)O2)S(=O)(=O)c2ccccn2)cc1. The quantitative estimate of drug-likeness (QED) is 0.352. The van der Waals surface area contributed by atoms with Gasteiger partial charge in [-0.15, -0.1) is 0 Å². The number of Topliss-reactive ketones (excluding diaryl/α,β-unsaturated/α-hetero) is 1. The Morgan fingerprint density at radius 1 is 1.05 bits per heavy atom. The van der Waals surface area contributed by atoms with Gasteiger partial charge in [-0.1, -0.05) is 30.2 Å². The molecule has 11 heteroatoms. The zero-order chi connectivity index (χ0) is 27.9. The number of rotatable bonds is 13. The second-order valence-electron chi connectivity index (χ2n) is 10.4. The molecule has 1 unspecified atom stereocenters. The van der Waals surface area contributed by atoms with Gasteiger partial charge in [-0.05, 0) is 69.7 Å². The van der Waals surface area contributed by atoms with Crippen LogP contribution < -0.4 is 4.72 Å². The fraction of sp³-hybridized carbons (Fsp3) is 0.571. The summed E-state index contributed by atoms with van der Waals surface area (Å²) in [7, 11) is -7.65. The number of ketones is 1. The third kappa shape index (κ3) is 7.73. The summed E-state index contributed by atoms with van der Waals surface area (Å²) in [6.45, 7) is 2.42. The molecule has 2 atom stereocenters. The second-order valence-corrected chi connectivity index (χ2v) is 14.3. The average molecular weight is 579 g/mol. The van der Waals surface area contributed by atoms with Crippen LogP contribution in [0.1, 0.15) is 69.8 Å². The van der Waals surface area contributed by atoms with Crippen LogP contribution >= 0.6 is 0 Å². The van der Waals surface area contributed by atoms with E-state index in [1.165, 1.54) is 12.3 Å². The predicted octanol–water partition coefficient (Wildman–Crippen LogP) is 4.11. The fourth-order valence-corrected chi connectivity index (χ4v) is 7.94. The first-order chi connectivity index (χ1) is 18.6. The van der Waals surface area contributed by atoms with E-state index in [0.29, 0.717) is 25.9 Å². The van der Waals surface area contributed by atoms with Gasteiger partial charge in [0.2, 0.25) is 19.9 Å². The molecule has 2 aliphatic rings. The minimum absolute atomic E-state index is 0.0228. The Morgan fingerprint density at radius 3 is 2.49 bits per heavy atom. The Morgan fingerprint density at radius 2 is 1.79 bits per heavy atom. The summed E-state index contributed by atoms with van der Waals surface area (Å²) in [6.07, 6.45) is 7.35. The smallest absolute Gasteiger partial charge is 0.240 e. The summed E-state index contributed by atoms with van der Waals surface area (Å²) in [4.78, 5) is 17.4. The molecule has 2 fully saturated rings. The van der Waals surface area contributed by atoms with Crippen LogP contribution in [0.25, 0.3) is 0 Å². The number of pyridine rings is 1. The summed E-state index contributed by atoms with van der Waals surface area (Å²) in [5.74, 6) is -0.956. The van der Waals surface area contributed by atoms with Crippen molar-refractivity contribution in [2.24, 2.45) is 0 Å². The lowest BCUT2D eigenvalue weighted by Gasteiger charge is -2.31. The summed E-state index contributed by atoms with van der Waals surface area (Å²) in [5.41, 5.74) is 0.961. The number of hydrogen-bond acceptors (Lipinski definition) is 8. The van der Waals surface area contributed by atoms with E-state index in [2.05, 4.69) is 9.71 Å². The van der Waals surface area contributed by atoms with Gasteiger partial charge in [-0.2, -0.15) is 0 Å². The van der Waals surface area contributed by atoms with Crippen molar-refractivity contribution < 1.29 is 31.1 Å². The molecule has 39 heavy (non-hydrogen) atoms. The minimum Gasteiger partial charge on any atom is -0.347 e. The van der Waals surface area contributed by atoms with E-state index in [-0.39, 0.29) is 35.4 Å². The lowest BCUT2D eigenvalue weighted by molar-refractivity contribution is -0.187. The van der Waals surface area contributed by atoms with E-state index in [4.69, 9.17) is 9.47 Å². The summed E-state index contributed by atoms with van der Waals surface area (Å²) >= 11 is 0. The summed E-state index contributed by atoms with van der Waals surface area (Å²) in [6, 6.07) is 11.2. The molecule has 9 nitrogen and oxygen atoms in total. The highest BCUT2D eigenvalue weighted by Gasteiger charge is 2.43. The number of sulfone groups is 1. The summed E-state index contributed by atoms with van der Waals surface area (Å²) < 4.78 is 66.6. The molecule has 1 aromatic carbocycles. The van der Waals surface area contributed by atoms with Crippen LogP contribution in [0.2, 0.25) is 0 Å². The van der Waals surface area contributed by atoms with Crippen molar-refractivity contribution >= 4 is 25.6 Å². The van der Waals surface area contributed by atoms with Crippen LogP contribution in [0.3, 0.4) is 0 Å². The Bertz CT molecular complexity index is 1310. The van der Waals surface area contributed by atoms with E-state index in [0.717, 1.165) is 37.7 Å². The van der Waals surface area contributed by atoms with Crippen molar-refractivity contribution in [3.63, 3.8) is 0 Å². The van der Waals surface area contributed by atoms with Crippen molar-refractivity contribution in [1.82, 2.24) is 9.71 Å². The lowest BCUT2D eigenvalue weighted by Crippen LogP contribution is -2.34. The van der Waals surface area contributed by atoms with Crippen LogP contribution in [0.15, 0.2) is 58.6 Å². The van der Waals surface area contributed by atoms with Crippen molar-refractivity contribution in [3.8, 4) is 0 Å². The molecular weight excluding hydrogens is 540 g/mol. The molecule has 1 aromatic heterocycles. The number of benzene rings is 1. The van der Waals surface area contributed by atoms with Gasteiger partial charge >= 0.3 is 0 Å². The average Bonchev–Trinajstić information content (AvgIpc) is 3.31. The van der Waals surface area contributed by atoms with Crippen molar-refractivity contribution in [2.45, 2.75) is 98.2 Å². The first kappa shape index (κ1) is 29.8. The topological polar surface area (TPSA) is 129 Å². The molecule has 4 rings (SSSR count). The zero-order valence-electron chi connectivity index (χ0n) is 22.4. The Kier molecular flexibility index (Phi) is 9.92. The number of ether oxygens (including phenoxy) is 2. The minimum atomic E-state index is -4.00. The van der Waals surface area contributed by atoms with Crippen LogP contribution in [-0.2, 0) is 34.1 Å². The fourth-order valence-electron chi connectivity index (χ4n) is 5.19. The number of carbonyl (C=O) groups is 1. The van der Waals surface area contributed by atoms with Crippen LogP contribution in [0, 0.1) is 6.92 Å². The van der Waals surface area contributed by atoms with E-state index in [1.807, 2.05) is 6.92 Å².